The number of carboxylic acids is 1. The van der Waals surface area contributed by atoms with Gasteiger partial charge >= 0.3 is 0 Å². The van der Waals surface area contributed by atoms with Gasteiger partial charge in [-0.3, -0.25) is 4.98 Å². The minimum atomic E-state index is -3.68. The number of hydrogen-bond donors (Lipinski definition) is 0. The lowest BCUT2D eigenvalue weighted by Crippen LogP contribution is -2.43. The van der Waals surface area contributed by atoms with Crippen LogP contribution >= 0.6 is 0 Å². The average molecular weight is 319 g/mol. The first-order valence-corrected chi connectivity index (χ1v) is 8.49. The van der Waals surface area contributed by atoms with E-state index >= 15 is 0 Å². The zero-order valence-corrected chi connectivity index (χ0v) is 12.6. The molecule has 0 bridgehead atoms. The lowest BCUT2D eigenvalue weighted by atomic mass is 9.99. The Balaban J connectivity index is 1.95. The Hall–Kier alpha value is -1.99. The van der Waals surface area contributed by atoms with Crippen LogP contribution in [0.4, 0.5) is 0 Å². The van der Waals surface area contributed by atoms with Crippen molar-refractivity contribution in [3.05, 3.63) is 36.5 Å². The SMILES string of the molecule is O=C([O-])C1CCN(S(=O)(=O)c2cccc3cccnc23)CC1. The molecule has 1 fully saturated rings. The van der Waals surface area contributed by atoms with E-state index in [0.717, 1.165) is 5.39 Å². The highest BCUT2D eigenvalue weighted by molar-refractivity contribution is 7.89. The number of pyridine rings is 1. The molecule has 22 heavy (non-hydrogen) atoms. The molecule has 116 valence electrons. The molecule has 7 heteroatoms. The van der Waals surface area contributed by atoms with Crippen molar-refractivity contribution in [1.29, 1.82) is 0 Å². The maximum absolute atomic E-state index is 12.8. The monoisotopic (exact) mass is 319 g/mol. The van der Waals surface area contributed by atoms with Gasteiger partial charge in [-0.2, -0.15) is 4.31 Å². The van der Waals surface area contributed by atoms with Crippen molar-refractivity contribution in [2.45, 2.75) is 17.7 Å². The third kappa shape index (κ3) is 2.57. The summed E-state index contributed by atoms with van der Waals surface area (Å²) < 4.78 is 26.9. The third-order valence-electron chi connectivity index (χ3n) is 4.00. The number of carbonyl (C=O) groups excluding carboxylic acids is 1. The molecule has 1 aliphatic heterocycles. The quantitative estimate of drug-likeness (QED) is 0.816. The van der Waals surface area contributed by atoms with E-state index in [1.165, 1.54) is 10.4 Å². The molecular formula is C15H15N2O4S-. The van der Waals surface area contributed by atoms with E-state index in [0.29, 0.717) is 5.52 Å². The zero-order valence-electron chi connectivity index (χ0n) is 11.8. The highest BCUT2D eigenvalue weighted by Crippen LogP contribution is 2.27. The standard InChI is InChI=1S/C15H16N2O4S/c18-15(19)12-6-9-17(10-7-12)22(20,21)13-5-1-3-11-4-2-8-16-14(11)13/h1-5,8,12H,6-7,9-10H2,(H,18,19)/p-1. The molecule has 0 N–H and O–H groups in total. The Morgan fingerprint density at radius 2 is 1.86 bits per heavy atom. The summed E-state index contributed by atoms with van der Waals surface area (Å²) in [7, 11) is -3.68. The van der Waals surface area contributed by atoms with Crippen LogP contribution in [0, 0.1) is 5.92 Å². The van der Waals surface area contributed by atoms with Crippen molar-refractivity contribution in [3.63, 3.8) is 0 Å². The number of aromatic nitrogens is 1. The first-order chi connectivity index (χ1) is 10.5. The number of hydrogen-bond acceptors (Lipinski definition) is 5. The summed E-state index contributed by atoms with van der Waals surface area (Å²) in [6, 6.07) is 8.60. The molecule has 6 nitrogen and oxygen atoms in total. The van der Waals surface area contributed by atoms with Crippen molar-refractivity contribution >= 4 is 26.9 Å². The van der Waals surface area contributed by atoms with Crippen LogP contribution in [0.25, 0.3) is 10.9 Å². The maximum atomic E-state index is 12.8. The van der Waals surface area contributed by atoms with E-state index in [9.17, 15) is 18.3 Å². The number of nitrogens with zero attached hydrogens (tertiary/aromatic N) is 2. The smallest absolute Gasteiger partial charge is 0.245 e. The van der Waals surface area contributed by atoms with Crippen molar-refractivity contribution in [2.75, 3.05) is 13.1 Å². The van der Waals surface area contributed by atoms with Crippen molar-refractivity contribution < 1.29 is 18.3 Å². The van der Waals surface area contributed by atoms with Gasteiger partial charge in [-0.15, -0.1) is 0 Å². The van der Waals surface area contributed by atoms with Crippen molar-refractivity contribution in [3.8, 4) is 0 Å². The normalized spacial score (nSPS) is 17.6. The van der Waals surface area contributed by atoms with Gasteiger partial charge in [-0.25, -0.2) is 8.42 Å². The largest absolute Gasteiger partial charge is 0.550 e. The van der Waals surface area contributed by atoms with E-state index in [4.69, 9.17) is 0 Å². The van der Waals surface area contributed by atoms with Gasteiger partial charge in [0.25, 0.3) is 0 Å². The predicted octanol–water partition coefficient (Wildman–Crippen LogP) is 0.385. The highest BCUT2D eigenvalue weighted by atomic mass is 32.2. The molecule has 1 aromatic heterocycles. The van der Waals surface area contributed by atoms with Gasteiger partial charge in [0, 0.05) is 36.6 Å². The van der Waals surface area contributed by atoms with Crippen LogP contribution in [0.5, 0.6) is 0 Å². The first-order valence-electron chi connectivity index (χ1n) is 7.05. The van der Waals surface area contributed by atoms with Crippen LogP contribution in [0.1, 0.15) is 12.8 Å². The van der Waals surface area contributed by atoms with Gasteiger partial charge in [0.05, 0.1) is 5.52 Å². The van der Waals surface area contributed by atoms with Crippen LogP contribution in [0.15, 0.2) is 41.4 Å². The van der Waals surface area contributed by atoms with Crippen LogP contribution in [0.2, 0.25) is 0 Å². The van der Waals surface area contributed by atoms with Crippen LogP contribution in [-0.4, -0.2) is 36.8 Å². The number of carboxylic acid groups (broad SMARTS) is 1. The predicted molar refractivity (Wildman–Crippen MR) is 78.2 cm³/mol. The van der Waals surface area contributed by atoms with Gasteiger partial charge in [0.2, 0.25) is 10.0 Å². The number of sulfonamides is 1. The third-order valence-corrected chi connectivity index (χ3v) is 5.93. The van der Waals surface area contributed by atoms with Gasteiger partial charge in [0.1, 0.15) is 4.90 Å². The summed E-state index contributed by atoms with van der Waals surface area (Å²) in [5.41, 5.74) is 0.437. The van der Waals surface area contributed by atoms with Gasteiger partial charge < -0.3 is 9.90 Å². The molecule has 2 heterocycles. The maximum Gasteiger partial charge on any atom is 0.245 e. The molecule has 0 radical (unpaired) electrons. The molecule has 0 unspecified atom stereocenters. The number of rotatable bonds is 3. The first kappa shape index (κ1) is 14.9. The van der Waals surface area contributed by atoms with Crippen LogP contribution < -0.4 is 5.11 Å². The van der Waals surface area contributed by atoms with Gasteiger partial charge in [-0.1, -0.05) is 18.2 Å². The Labute approximate surface area is 128 Å². The Bertz CT molecular complexity index is 806. The second kappa shape index (κ2) is 5.66. The Morgan fingerprint density at radius 1 is 1.18 bits per heavy atom. The lowest BCUT2D eigenvalue weighted by Gasteiger charge is -2.31. The summed E-state index contributed by atoms with van der Waals surface area (Å²) in [6.07, 6.45) is 2.11. The molecule has 0 spiro atoms. The molecule has 0 amide bonds. The fraction of sp³-hybridized carbons (Fsp3) is 0.333. The summed E-state index contributed by atoms with van der Waals surface area (Å²) in [5, 5.41) is 11.6. The van der Waals surface area contributed by atoms with Crippen LogP contribution in [-0.2, 0) is 14.8 Å². The Morgan fingerprint density at radius 3 is 2.55 bits per heavy atom. The van der Waals surface area contributed by atoms with E-state index in [1.807, 2.05) is 12.1 Å². The topological polar surface area (TPSA) is 90.4 Å². The minimum absolute atomic E-state index is 0.164. The van der Waals surface area contributed by atoms with Gasteiger partial charge in [-0.05, 0) is 25.0 Å². The van der Waals surface area contributed by atoms with Crippen molar-refractivity contribution in [1.82, 2.24) is 9.29 Å². The summed E-state index contributed by atoms with van der Waals surface area (Å²) in [5.74, 6) is -1.68. The second-order valence-corrected chi connectivity index (χ2v) is 7.24. The van der Waals surface area contributed by atoms with Crippen LogP contribution in [0.3, 0.4) is 0 Å². The van der Waals surface area contributed by atoms with Gasteiger partial charge in [0.15, 0.2) is 0 Å². The summed E-state index contributed by atoms with van der Waals surface area (Å²) >= 11 is 0. The molecule has 2 aromatic rings. The number of fused-ring (bicyclic) bond motifs is 1. The molecular weight excluding hydrogens is 304 g/mol. The fourth-order valence-electron chi connectivity index (χ4n) is 2.76. The number of benzene rings is 1. The number of aliphatic carboxylic acids is 1. The molecule has 1 aromatic carbocycles. The number of carbonyl (C=O) groups is 1. The number of para-hydroxylation sites is 1. The second-order valence-electron chi connectivity index (χ2n) is 5.33. The van der Waals surface area contributed by atoms with Crippen molar-refractivity contribution in [2.24, 2.45) is 5.92 Å². The highest BCUT2D eigenvalue weighted by Gasteiger charge is 2.31. The molecule has 1 saturated heterocycles. The molecule has 0 aliphatic carbocycles. The van der Waals surface area contributed by atoms with E-state index in [1.54, 1.807) is 18.3 Å². The minimum Gasteiger partial charge on any atom is -0.550 e. The lowest BCUT2D eigenvalue weighted by molar-refractivity contribution is -0.312. The summed E-state index contributed by atoms with van der Waals surface area (Å²) in [6.45, 7) is 0.369. The molecule has 0 atom stereocenters. The summed E-state index contributed by atoms with van der Waals surface area (Å²) in [4.78, 5) is 15.2. The van der Waals surface area contributed by atoms with E-state index in [-0.39, 0.29) is 30.8 Å². The zero-order chi connectivity index (χ0) is 15.7. The molecule has 3 rings (SSSR count). The molecule has 1 aliphatic rings. The van der Waals surface area contributed by atoms with E-state index in [2.05, 4.69) is 4.98 Å². The molecule has 0 saturated carbocycles. The fourth-order valence-corrected chi connectivity index (χ4v) is 4.39. The van der Waals surface area contributed by atoms with E-state index < -0.39 is 21.9 Å². The number of piperidine rings is 1. The average Bonchev–Trinajstić information content (AvgIpc) is 2.54. The Kier molecular flexibility index (Phi) is 3.84.